The average Bonchev–Trinajstić information content (AvgIpc) is 2.75. The van der Waals surface area contributed by atoms with E-state index >= 15 is 0 Å². The molecule has 3 amide bonds. The average molecular weight is 399 g/mol. The highest BCUT2D eigenvalue weighted by Crippen LogP contribution is 2.18. The number of piperidine rings is 1. The number of rotatable bonds is 6. The van der Waals surface area contributed by atoms with Crippen LogP contribution in [0.4, 0.5) is 14.9 Å². The van der Waals surface area contributed by atoms with E-state index in [-0.39, 0.29) is 17.8 Å². The first-order valence-corrected chi connectivity index (χ1v) is 9.87. The minimum Gasteiger partial charge on any atom is -0.494 e. The van der Waals surface area contributed by atoms with Crippen molar-refractivity contribution in [2.75, 3.05) is 31.6 Å². The summed E-state index contributed by atoms with van der Waals surface area (Å²) in [5.41, 5.74) is 1.17. The summed E-state index contributed by atoms with van der Waals surface area (Å²) in [6, 6.07) is 12.6. The van der Waals surface area contributed by atoms with Crippen molar-refractivity contribution in [2.24, 2.45) is 5.92 Å². The molecule has 7 heteroatoms. The topological polar surface area (TPSA) is 70.7 Å². The molecule has 29 heavy (non-hydrogen) atoms. The third-order valence-electron chi connectivity index (χ3n) is 4.98. The van der Waals surface area contributed by atoms with E-state index in [1.54, 1.807) is 29.2 Å². The maximum atomic E-state index is 12.9. The monoisotopic (exact) mass is 399 g/mol. The molecule has 1 heterocycles. The number of urea groups is 1. The van der Waals surface area contributed by atoms with Gasteiger partial charge in [0.2, 0.25) is 0 Å². The highest BCUT2D eigenvalue weighted by atomic mass is 19.1. The lowest BCUT2D eigenvalue weighted by molar-refractivity contribution is 0.0938. The van der Waals surface area contributed by atoms with Gasteiger partial charge in [-0.25, -0.2) is 9.18 Å². The van der Waals surface area contributed by atoms with Crippen molar-refractivity contribution < 1.29 is 18.7 Å². The lowest BCUT2D eigenvalue weighted by Gasteiger charge is -2.32. The standard InChI is InChI=1S/C22H26FN3O3/c1-2-29-20-9-3-17(4-10-20)21(27)24-15-16-11-13-26(14-12-16)22(28)25-19-7-5-18(23)6-8-19/h3-10,16H,2,11-15H2,1H3,(H,24,27)(H,25,28). The lowest BCUT2D eigenvalue weighted by Crippen LogP contribution is -2.43. The van der Waals surface area contributed by atoms with Crippen LogP contribution in [0.3, 0.4) is 0 Å². The predicted molar refractivity (Wildman–Crippen MR) is 110 cm³/mol. The number of carbonyl (C=O) groups excluding carboxylic acids is 2. The third kappa shape index (κ3) is 5.94. The molecule has 0 aromatic heterocycles. The van der Waals surface area contributed by atoms with E-state index in [2.05, 4.69) is 10.6 Å². The van der Waals surface area contributed by atoms with Crippen LogP contribution in [-0.2, 0) is 0 Å². The number of anilines is 1. The largest absolute Gasteiger partial charge is 0.494 e. The van der Waals surface area contributed by atoms with E-state index in [9.17, 15) is 14.0 Å². The van der Waals surface area contributed by atoms with E-state index < -0.39 is 0 Å². The summed E-state index contributed by atoms with van der Waals surface area (Å²) in [7, 11) is 0. The predicted octanol–water partition coefficient (Wildman–Crippen LogP) is 3.90. The summed E-state index contributed by atoms with van der Waals surface area (Å²) >= 11 is 0. The smallest absolute Gasteiger partial charge is 0.321 e. The number of likely N-dealkylation sites (tertiary alicyclic amines) is 1. The molecule has 1 saturated heterocycles. The molecule has 1 aliphatic heterocycles. The first-order valence-electron chi connectivity index (χ1n) is 9.87. The molecule has 154 valence electrons. The molecule has 0 atom stereocenters. The van der Waals surface area contributed by atoms with Crippen molar-refractivity contribution in [3.05, 3.63) is 59.9 Å². The highest BCUT2D eigenvalue weighted by molar-refractivity contribution is 5.94. The van der Waals surface area contributed by atoms with Crippen molar-refractivity contribution in [1.82, 2.24) is 10.2 Å². The molecule has 2 aromatic carbocycles. The Bertz CT molecular complexity index is 816. The molecule has 3 rings (SSSR count). The van der Waals surface area contributed by atoms with Crippen molar-refractivity contribution in [3.63, 3.8) is 0 Å². The van der Waals surface area contributed by atoms with E-state index in [0.29, 0.717) is 43.4 Å². The number of hydrogen-bond donors (Lipinski definition) is 2. The maximum Gasteiger partial charge on any atom is 0.321 e. The Labute approximate surface area is 170 Å². The minimum absolute atomic E-state index is 0.107. The van der Waals surface area contributed by atoms with Gasteiger partial charge in [-0.2, -0.15) is 0 Å². The second-order valence-corrected chi connectivity index (χ2v) is 7.03. The van der Waals surface area contributed by atoms with Crippen molar-refractivity contribution in [1.29, 1.82) is 0 Å². The summed E-state index contributed by atoms with van der Waals surface area (Å²) in [5.74, 6) is 0.632. The van der Waals surface area contributed by atoms with Gasteiger partial charge in [0.25, 0.3) is 5.91 Å². The van der Waals surface area contributed by atoms with Crippen LogP contribution in [0.15, 0.2) is 48.5 Å². The molecule has 1 aliphatic rings. The van der Waals surface area contributed by atoms with Crippen LogP contribution in [0.1, 0.15) is 30.1 Å². The first kappa shape index (κ1) is 20.6. The number of hydrogen-bond acceptors (Lipinski definition) is 3. The van der Waals surface area contributed by atoms with Crippen molar-refractivity contribution in [2.45, 2.75) is 19.8 Å². The Hall–Kier alpha value is -3.09. The molecular weight excluding hydrogens is 373 g/mol. The SMILES string of the molecule is CCOc1ccc(C(=O)NCC2CCN(C(=O)Nc3ccc(F)cc3)CC2)cc1. The third-order valence-corrected chi connectivity index (χ3v) is 4.98. The van der Waals surface area contributed by atoms with Crippen molar-refractivity contribution in [3.8, 4) is 5.75 Å². The van der Waals surface area contributed by atoms with Gasteiger partial charge in [0, 0.05) is 30.9 Å². The molecule has 0 spiro atoms. The maximum absolute atomic E-state index is 12.9. The summed E-state index contributed by atoms with van der Waals surface area (Å²) in [5, 5.41) is 5.75. The van der Waals surface area contributed by atoms with Crippen molar-refractivity contribution >= 4 is 17.6 Å². The van der Waals surface area contributed by atoms with Gasteiger partial charge in [-0.1, -0.05) is 0 Å². The second-order valence-electron chi connectivity index (χ2n) is 7.03. The van der Waals surface area contributed by atoms with Gasteiger partial charge >= 0.3 is 6.03 Å². The minimum atomic E-state index is -0.337. The Balaban J connectivity index is 1.40. The summed E-state index contributed by atoms with van der Waals surface area (Å²) in [6.07, 6.45) is 1.64. The molecule has 0 radical (unpaired) electrons. The van der Waals surface area contributed by atoms with E-state index in [4.69, 9.17) is 4.74 Å². The fourth-order valence-corrected chi connectivity index (χ4v) is 3.28. The quantitative estimate of drug-likeness (QED) is 0.774. The Morgan fingerprint density at radius 2 is 1.72 bits per heavy atom. The van der Waals surface area contributed by atoms with Gasteiger partial charge < -0.3 is 20.3 Å². The summed E-state index contributed by atoms with van der Waals surface area (Å²) in [6.45, 7) is 4.33. The number of amides is 3. The number of halogens is 1. The molecule has 2 aromatic rings. The number of nitrogens with zero attached hydrogens (tertiary/aromatic N) is 1. The fraction of sp³-hybridized carbons (Fsp3) is 0.364. The number of nitrogens with one attached hydrogen (secondary N) is 2. The lowest BCUT2D eigenvalue weighted by atomic mass is 9.97. The summed E-state index contributed by atoms with van der Waals surface area (Å²) < 4.78 is 18.3. The molecule has 1 fully saturated rings. The van der Waals surface area contributed by atoms with Crippen LogP contribution >= 0.6 is 0 Å². The normalized spacial score (nSPS) is 14.3. The van der Waals surface area contributed by atoms with Gasteiger partial charge in [0.1, 0.15) is 11.6 Å². The Kier molecular flexibility index (Phi) is 7.05. The Morgan fingerprint density at radius 3 is 2.34 bits per heavy atom. The Morgan fingerprint density at radius 1 is 1.07 bits per heavy atom. The van der Waals surface area contributed by atoms with E-state index in [1.807, 2.05) is 6.92 Å². The molecular formula is C22H26FN3O3. The number of ether oxygens (including phenoxy) is 1. The van der Waals surface area contributed by atoms with E-state index in [0.717, 1.165) is 18.6 Å². The molecule has 0 unspecified atom stereocenters. The number of carbonyl (C=O) groups is 2. The van der Waals surface area contributed by atoms with Gasteiger partial charge in [0.05, 0.1) is 6.61 Å². The van der Waals surface area contributed by atoms with Crippen LogP contribution in [0, 0.1) is 11.7 Å². The van der Waals surface area contributed by atoms with Gasteiger partial charge in [-0.15, -0.1) is 0 Å². The van der Waals surface area contributed by atoms with Crippen LogP contribution in [0.2, 0.25) is 0 Å². The second kappa shape index (κ2) is 9.91. The van der Waals surface area contributed by atoms with Gasteiger partial charge in [-0.05, 0) is 74.2 Å². The molecule has 0 aliphatic carbocycles. The molecule has 2 N–H and O–H groups in total. The van der Waals surface area contributed by atoms with Crippen LogP contribution in [0.25, 0.3) is 0 Å². The zero-order valence-corrected chi connectivity index (χ0v) is 16.5. The summed E-state index contributed by atoms with van der Waals surface area (Å²) in [4.78, 5) is 26.4. The van der Waals surface area contributed by atoms with Crippen LogP contribution in [0.5, 0.6) is 5.75 Å². The molecule has 0 bridgehead atoms. The fourth-order valence-electron chi connectivity index (χ4n) is 3.28. The molecule has 0 saturated carbocycles. The van der Waals surface area contributed by atoms with E-state index in [1.165, 1.54) is 24.3 Å². The van der Waals surface area contributed by atoms with Gasteiger partial charge in [-0.3, -0.25) is 4.79 Å². The zero-order chi connectivity index (χ0) is 20.6. The highest BCUT2D eigenvalue weighted by Gasteiger charge is 2.23. The van der Waals surface area contributed by atoms with Gasteiger partial charge in [0.15, 0.2) is 0 Å². The number of benzene rings is 2. The first-order chi connectivity index (χ1) is 14.0. The zero-order valence-electron chi connectivity index (χ0n) is 16.5. The molecule has 6 nitrogen and oxygen atoms in total. The van der Waals surface area contributed by atoms with Crippen LogP contribution in [-0.4, -0.2) is 43.1 Å². The van der Waals surface area contributed by atoms with Crippen LogP contribution < -0.4 is 15.4 Å².